The van der Waals surface area contributed by atoms with Crippen LogP contribution in [0.2, 0.25) is 0 Å². The molecule has 2 N–H and O–H groups in total. The minimum absolute atomic E-state index is 0.0308. The number of carbonyl (C=O) groups excluding carboxylic acids is 2. The maximum Gasteiger partial charge on any atom is 0.408 e. The summed E-state index contributed by atoms with van der Waals surface area (Å²) in [5, 5.41) is 5.85. The topological polar surface area (TPSA) is 67.4 Å². The summed E-state index contributed by atoms with van der Waals surface area (Å²) in [6, 6.07) is 9.51. The molecule has 1 aromatic carbocycles. The van der Waals surface area contributed by atoms with Crippen molar-refractivity contribution in [2.75, 3.05) is 0 Å². The van der Waals surface area contributed by atoms with Gasteiger partial charge in [0.2, 0.25) is 5.91 Å². The Bertz CT molecular complexity index is 634. The molecule has 1 aliphatic carbocycles. The minimum Gasteiger partial charge on any atom is -0.445 e. The van der Waals surface area contributed by atoms with E-state index in [1.165, 1.54) is 0 Å². The van der Waals surface area contributed by atoms with Gasteiger partial charge < -0.3 is 15.4 Å². The molecule has 0 heterocycles. The Hall–Kier alpha value is -2.04. The van der Waals surface area contributed by atoms with Crippen LogP contribution in [0.25, 0.3) is 0 Å². The van der Waals surface area contributed by atoms with E-state index in [4.69, 9.17) is 4.74 Å². The van der Waals surface area contributed by atoms with Crippen molar-refractivity contribution in [2.24, 2.45) is 10.8 Å². The normalized spacial score (nSPS) is 19.0. The lowest BCUT2D eigenvalue weighted by Crippen LogP contribution is -2.60. The van der Waals surface area contributed by atoms with E-state index in [0.717, 1.165) is 18.4 Å². The minimum atomic E-state index is -1.05. The highest BCUT2D eigenvalue weighted by Gasteiger charge is 2.48. The Morgan fingerprint density at radius 1 is 1.08 bits per heavy atom. The van der Waals surface area contributed by atoms with Crippen LogP contribution in [0.3, 0.4) is 0 Å². The van der Waals surface area contributed by atoms with Gasteiger partial charge in [-0.2, -0.15) is 0 Å². The van der Waals surface area contributed by atoms with Gasteiger partial charge in [0.1, 0.15) is 12.1 Å². The molecule has 0 saturated heterocycles. The van der Waals surface area contributed by atoms with Crippen LogP contribution in [0.5, 0.6) is 0 Å². The van der Waals surface area contributed by atoms with Gasteiger partial charge in [-0.25, -0.2) is 4.79 Å². The average Bonchev–Trinajstić information content (AvgIpc) is 2.76. The third-order valence-electron chi connectivity index (χ3n) is 5.45. The van der Waals surface area contributed by atoms with Crippen LogP contribution in [-0.4, -0.2) is 23.6 Å². The van der Waals surface area contributed by atoms with Gasteiger partial charge in [-0.3, -0.25) is 4.79 Å². The molecule has 5 nitrogen and oxygen atoms in total. The molecule has 0 unspecified atom stereocenters. The molecule has 2 rings (SSSR count). The molecular formula is C21H32N2O3. The first-order chi connectivity index (χ1) is 11.9. The zero-order valence-corrected chi connectivity index (χ0v) is 16.8. The van der Waals surface area contributed by atoms with E-state index >= 15 is 0 Å². The zero-order chi connectivity index (χ0) is 19.6. The summed E-state index contributed by atoms with van der Waals surface area (Å²) in [7, 11) is 0. The van der Waals surface area contributed by atoms with E-state index in [2.05, 4.69) is 38.3 Å². The number of benzene rings is 1. The first-order valence-corrected chi connectivity index (χ1v) is 9.24. The summed E-state index contributed by atoms with van der Waals surface area (Å²) in [4.78, 5) is 24.9. The summed E-state index contributed by atoms with van der Waals surface area (Å²) >= 11 is 0. The quantitative estimate of drug-likeness (QED) is 0.833. The third-order valence-corrected chi connectivity index (χ3v) is 5.45. The molecule has 5 heteroatoms. The Balaban J connectivity index is 1.93. The van der Waals surface area contributed by atoms with Crippen molar-refractivity contribution in [3.8, 4) is 0 Å². The number of carbonyl (C=O) groups is 2. The van der Waals surface area contributed by atoms with Crippen molar-refractivity contribution >= 4 is 12.0 Å². The van der Waals surface area contributed by atoms with E-state index in [-0.39, 0.29) is 29.4 Å². The van der Waals surface area contributed by atoms with Gasteiger partial charge in [-0.15, -0.1) is 0 Å². The summed E-state index contributed by atoms with van der Waals surface area (Å²) in [5.41, 5.74) is -0.0892. The number of hydrogen-bond donors (Lipinski definition) is 2. The lowest BCUT2D eigenvalue weighted by Gasteiger charge is -2.38. The van der Waals surface area contributed by atoms with Gasteiger partial charge in [0, 0.05) is 6.04 Å². The summed E-state index contributed by atoms with van der Waals surface area (Å²) < 4.78 is 5.24. The van der Waals surface area contributed by atoms with Crippen LogP contribution >= 0.6 is 0 Å². The molecule has 0 atom stereocenters. The molecule has 26 heavy (non-hydrogen) atoms. The average molecular weight is 360 g/mol. The zero-order valence-electron chi connectivity index (χ0n) is 16.8. The SMILES string of the molecule is CC(C)(NC(=O)OCc1ccccc1)C(=O)NC1C(C)(C)CCC1(C)C. The Labute approximate surface area is 156 Å². The maximum absolute atomic E-state index is 12.8. The molecular weight excluding hydrogens is 328 g/mol. The highest BCUT2D eigenvalue weighted by Crippen LogP contribution is 2.48. The smallest absolute Gasteiger partial charge is 0.408 e. The lowest BCUT2D eigenvalue weighted by molar-refractivity contribution is -0.128. The highest BCUT2D eigenvalue weighted by molar-refractivity contribution is 5.89. The number of hydrogen-bond acceptors (Lipinski definition) is 3. The second-order valence-corrected chi connectivity index (χ2v) is 9.20. The Morgan fingerprint density at radius 2 is 1.62 bits per heavy atom. The van der Waals surface area contributed by atoms with Crippen molar-refractivity contribution in [3.63, 3.8) is 0 Å². The Morgan fingerprint density at radius 3 is 2.15 bits per heavy atom. The van der Waals surface area contributed by atoms with Gasteiger partial charge in [-0.1, -0.05) is 58.0 Å². The Kier molecular flexibility index (Phi) is 5.69. The van der Waals surface area contributed by atoms with E-state index in [0.29, 0.717) is 0 Å². The van der Waals surface area contributed by atoms with Crippen LogP contribution in [0.15, 0.2) is 30.3 Å². The first kappa shape index (κ1) is 20.3. The van der Waals surface area contributed by atoms with Gasteiger partial charge >= 0.3 is 6.09 Å². The van der Waals surface area contributed by atoms with Crippen LogP contribution in [0.1, 0.15) is 59.9 Å². The van der Waals surface area contributed by atoms with Gasteiger partial charge in [0.25, 0.3) is 0 Å². The number of ether oxygens (including phenoxy) is 1. The fourth-order valence-corrected chi connectivity index (χ4v) is 3.76. The lowest BCUT2D eigenvalue weighted by atomic mass is 9.78. The van der Waals surface area contributed by atoms with Crippen LogP contribution in [0, 0.1) is 10.8 Å². The summed E-state index contributed by atoms with van der Waals surface area (Å²) in [5.74, 6) is -0.192. The number of nitrogens with one attached hydrogen (secondary N) is 2. The molecule has 0 radical (unpaired) electrons. The predicted octanol–water partition coefficient (Wildman–Crippen LogP) is 4.02. The van der Waals surface area contributed by atoms with Gasteiger partial charge in [0.05, 0.1) is 0 Å². The second-order valence-electron chi connectivity index (χ2n) is 9.20. The monoisotopic (exact) mass is 360 g/mol. The number of amides is 2. The molecule has 0 aromatic heterocycles. The van der Waals surface area contributed by atoms with E-state index in [9.17, 15) is 9.59 Å². The van der Waals surface area contributed by atoms with Gasteiger partial charge in [0.15, 0.2) is 0 Å². The number of alkyl carbamates (subject to hydrolysis) is 1. The molecule has 0 bridgehead atoms. The van der Waals surface area contributed by atoms with Crippen LogP contribution < -0.4 is 10.6 Å². The van der Waals surface area contributed by atoms with Crippen molar-refractivity contribution in [1.29, 1.82) is 0 Å². The second kappa shape index (κ2) is 7.29. The molecule has 0 aliphatic heterocycles. The van der Waals surface area contributed by atoms with E-state index in [1.807, 2.05) is 30.3 Å². The molecule has 1 aromatic rings. The summed E-state index contributed by atoms with van der Waals surface area (Å²) in [6.45, 7) is 12.3. The fraction of sp³-hybridized carbons (Fsp3) is 0.619. The molecule has 0 spiro atoms. The van der Waals surface area contributed by atoms with Crippen molar-refractivity contribution in [2.45, 2.75) is 72.6 Å². The van der Waals surface area contributed by atoms with Crippen LogP contribution in [-0.2, 0) is 16.1 Å². The fourth-order valence-electron chi connectivity index (χ4n) is 3.76. The molecule has 1 saturated carbocycles. The highest BCUT2D eigenvalue weighted by atomic mass is 16.5. The standard InChI is InChI=1S/C21H32N2O3/c1-19(2)12-13-20(3,4)16(19)22-17(24)21(5,6)23-18(25)26-14-15-10-8-7-9-11-15/h7-11,16H,12-14H2,1-6H3,(H,22,24)(H,23,25). The van der Waals surface area contributed by atoms with Gasteiger partial charge in [-0.05, 0) is 43.1 Å². The summed E-state index contributed by atoms with van der Waals surface area (Å²) in [6.07, 6.45) is 1.54. The number of rotatable bonds is 5. The maximum atomic E-state index is 12.8. The first-order valence-electron chi connectivity index (χ1n) is 9.24. The van der Waals surface area contributed by atoms with Crippen molar-refractivity contribution in [1.82, 2.24) is 10.6 Å². The van der Waals surface area contributed by atoms with E-state index < -0.39 is 11.6 Å². The predicted molar refractivity (Wildman–Crippen MR) is 103 cm³/mol. The van der Waals surface area contributed by atoms with Crippen molar-refractivity contribution in [3.05, 3.63) is 35.9 Å². The largest absolute Gasteiger partial charge is 0.445 e. The molecule has 2 amide bonds. The molecule has 144 valence electrons. The van der Waals surface area contributed by atoms with E-state index in [1.54, 1.807) is 13.8 Å². The third kappa shape index (κ3) is 4.77. The van der Waals surface area contributed by atoms with Crippen LogP contribution in [0.4, 0.5) is 4.79 Å². The molecule has 1 fully saturated rings. The molecule has 1 aliphatic rings. The van der Waals surface area contributed by atoms with Crippen molar-refractivity contribution < 1.29 is 14.3 Å².